The third-order valence-corrected chi connectivity index (χ3v) is 17.1. The first-order chi connectivity index (χ1) is 40.1. The molecule has 2 heterocycles. The molecule has 0 spiro atoms. The summed E-state index contributed by atoms with van der Waals surface area (Å²) in [5.74, 6) is -0.242. The maximum Gasteiger partial charge on any atom is 0.220 e. The van der Waals surface area contributed by atoms with Gasteiger partial charge >= 0.3 is 0 Å². The zero-order valence-electron chi connectivity index (χ0n) is 52.5. The van der Waals surface area contributed by atoms with E-state index in [-0.39, 0.29) is 18.9 Å². The Morgan fingerprint density at radius 1 is 0.427 bits per heavy atom. The van der Waals surface area contributed by atoms with E-state index in [1.54, 1.807) is 6.08 Å². The van der Waals surface area contributed by atoms with Crippen LogP contribution in [0.1, 0.15) is 309 Å². The minimum absolute atomic E-state index is 0.242. The molecule has 2 fully saturated rings. The fourth-order valence-corrected chi connectivity index (χ4v) is 11.6. The average molecular weight is 1170 g/mol. The molecular formula is C68H129NO13. The summed E-state index contributed by atoms with van der Waals surface area (Å²) in [6.45, 7) is 2.84. The number of aliphatic hydroxyl groups is 8. The number of allylic oxidation sites excluding steroid dienone is 3. The van der Waals surface area contributed by atoms with Crippen LogP contribution >= 0.6 is 0 Å². The Morgan fingerprint density at radius 2 is 0.780 bits per heavy atom. The van der Waals surface area contributed by atoms with Crippen LogP contribution in [0.25, 0.3) is 0 Å². The lowest BCUT2D eigenvalue weighted by Crippen LogP contribution is -2.65. The van der Waals surface area contributed by atoms with Gasteiger partial charge in [0.05, 0.1) is 32.0 Å². The van der Waals surface area contributed by atoms with Crippen molar-refractivity contribution in [3.05, 3.63) is 24.3 Å². The van der Waals surface area contributed by atoms with Crippen LogP contribution in [0.3, 0.4) is 0 Å². The number of hydrogen-bond donors (Lipinski definition) is 9. The number of amides is 1. The molecule has 2 saturated heterocycles. The second-order valence-electron chi connectivity index (χ2n) is 24.7. The minimum Gasteiger partial charge on any atom is -0.394 e. The van der Waals surface area contributed by atoms with E-state index in [2.05, 4.69) is 31.3 Å². The molecule has 12 unspecified atom stereocenters. The van der Waals surface area contributed by atoms with Crippen molar-refractivity contribution in [3.63, 3.8) is 0 Å². The van der Waals surface area contributed by atoms with Gasteiger partial charge < -0.3 is 65.1 Å². The van der Waals surface area contributed by atoms with E-state index in [0.29, 0.717) is 12.8 Å². The molecule has 14 nitrogen and oxygen atoms in total. The molecule has 82 heavy (non-hydrogen) atoms. The van der Waals surface area contributed by atoms with Crippen LogP contribution in [0.5, 0.6) is 0 Å². The third kappa shape index (κ3) is 37.9. The van der Waals surface area contributed by atoms with E-state index < -0.39 is 86.8 Å². The summed E-state index contributed by atoms with van der Waals surface area (Å²) in [5.41, 5.74) is 0. The van der Waals surface area contributed by atoms with E-state index in [1.807, 2.05) is 6.08 Å². The van der Waals surface area contributed by atoms with Crippen molar-refractivity contribution in [2.24, 2.45) is 0 Å². The Hall–Kier alpha value is -1.53. The molecular weight excluding hydrogens is 1040 g/mol. The van der Waals surface area contributed by atoms with Gasteiger partial charge in [0.25, 0.3) is 0 Å². The molecule has 0 aromatic rings. The number of hydrogen-bond acceptors (Lipinski definition) is 13. The van der Waals surface area contributed by atoms with Gasteiger partial charge in [-0.25, -0.2) is 0 Å². The van der Waals surface area contributed by atoms with Gasteiger partial charge in [-0.3, -0.25) is 4.79 Å². The van der Waals surface area contributed by atoms with Crippen molar-refractivity contribution in [2.75, 3.05) is 19.8 Å². The first-order valence-electron chi connectivity index (χ1n) is 34.6. The molecule has 9 N–H and O–H groups in total. The number of carbonyl (C=O) groups is 1. The van der Waals surface area contributed by atoms with Crippen LogP contribution in [0.2, 0.25) is 0 Å². The van der Waals surface area contributed by atoms with Crippen molar-refractivity contribution >= 4 is 5.91 Å². The number of carbonyl (C=O) groups excluding carboxylic acids is 1. The third-order valence-electron chi connectivity index (χ3n) is 17.1. The molecule has 0 radical (unpaired) electrons. The van der Waals surface area contributed by atoms with Gasteiger partial charge in [0, 0.05) is 6.42 Å². The highest BCUT2D eigenvalue weighted by Crippen LogP contribution is 2.30. The van der Waals surface area contributed by atoms with Gasteiger partial charge in [0.15, 0.2) is 12.6 Å². The standard InChI is InChI=1S/C68H129NO13/c1-3-5-7-9-11-13-15-17-19-21-23-25-27-29-31-33-35-37-39-41-43-45-47-49-51-57(72)56(55-79-67-65(78)63(76)66(59(54-71)81-67)82-68-64(77)62(75)61(74)58(53-70)80-68)69-60(73)52-50-48-46-44-42-40-38-36-34-32-30-28-26-24-22-20-18-16-14-12-10-8-6-4-2/h41,43,49,51,56-59,61-68,70-72,74-78H,3-40,42,44-48,50,52-55H2,1-2H3,(H,69,73)/b43-41+,51-49+. The Balaban J connectivity index is 1.71. The smallest absolute Gasteiger partial charge is 0.220 e. The van der Waals surface area contributed by atoms with Gasteiger partial charge in [-0.1, -0.05) is 295 Å². The van der Waals surface area contributed by atoms with E-state index in [9.17, 15) is 45.6 Å². The van der Waals surface area contributed by atoms with E-state index >= 15 is 0 Å². The van der Waals surface area contributed by atoms with Crippen molar-refractivity contribution in [1.82, 2.24) is 5.32 Å². The molecule has 1 amide bonds. The number of ether oxygens (including phenoxy) is 4. The van der Waals surface area contributed by atoms with E-state index in [0.717, 1.165) is 32.1 Å². The van der Waals surface area contributed by atoms with Crippen LogP contribution in [-0.4, -0.2) is 140 Å². The Labute approximate surface area is 500 Å². The zero-order valence-corrected chi connectivity index (χ0v) is 52.5. The quantitative estimate of drug-likeness (QED) is 0.0204. The molecule has 0 aromatic heterocycles. The fourth-order valence-electron chi connectivity index (χ4n) is 11.6. The highest BCUT2D eigenvalue weighted by Gasteiger charge is 2.51. The van der Waals surface area contributed by atoms with Crippen LogP contribution in [0.4, 0.5) is 0 Å². The monoisotopic (exact) mass is 1170 g/mol. The summed E-state index contributed by atoms with van der Waals surface area (Å²) in [4.78, 5) is 13.3. The lowest BCUT2D eigenvalue weighted by Gasteiger charge is -2.46. The van der Waals surface area contributed by atoms with Crippen molar-refractivity contribution < 1.29 is 64.6 Å². The number of aliphatic hydroxyl groups excluding tert-OH is 8. The Morgan fingerprint density at radius 3 is 1.20 bits per heavy atom. The molecule has 484 valence electrons. The summed E-state index contributed by atoms with van der Waals surface area (Å²) in [6, 6.07) is -0.929. The summed E-state index contributed by atoms with van der Waals surface area (Å²) in [5, 5.41) is 87.4. The highest BCUT2D eigenvalue weighted by atomic mass is 16.7. The molecule has 2 aliphatic rings. The molecule has 0 saturated carbocycles. The second-order valence-corrected chi connectivity index (χ2v) is 24.7. The average Bonchev–Trinajstić information content (AvgIpc) is 3.56. The maximum atomic E-state index is 13.3. The number of unbranched alkanes of at least 4 members (excludes halogenated alkanes) is 42. The molecule has 2 aliphatic heterocycles. The molecule has 12 atom stereocenters. The SMILES string of the molecule is CCCCCCCCCCCCCCCCCCCC/C=C/CC/C=C/C(O)C(COC1OC(CO)C(OC2OC(CO)C(O)C(O)C2O)C(O)C1O)NC(=O)CCCCCCCCCCCCCCCCCCCCCCCCCC. The van der Waals surface area contributed by atoms with Gasteiger partial charge in [-0.2, -0.15) is 0 Å². The predicted molar refractivity (Wildman–Crippen MR) is 332 cm³/mol. The van der Waals surface area contributed by atoms with Gasteiger partial charge in [-0.05, 0) is 32.1 Å². The lowest BCUT2D eigenvalue weighted by molar-refractivity contribution is -0.359. The van der Waals surface area contributed by atoms with Gasteiger partial charge in [0.1, 0.15) is 48.8 Å². The van der Waals surface area contributed by atoms with E-state index in [1.165, 1.54) is 244 Å². The molecule has 0 bridgehead atoms. The lowest BCUT2D eigenvalue weighted by atomic mass is 9.97. The summed E-state index contributed by atoms with van der Waals surface area (Å²) in [6.07, 6.45) is 49.5. The van der Waals surface area contributed by atoms with Crippen LogP contribution in [0, 0.1) is 0 Å². The molecule has 0 aromatic carbocycles. The normalized spacial score (nSPS) is 24.0. The summed E-state index contributed by atoms with van der Waals surface area (Å²) in [7, 11) is 0. The van der Waals surface area contributed by atoms with Crippen LogP contribution in [0.15, 0.2) is 24.3 Å². The maximum absolute atomic E-state index is 13.3. The summed E-state index contributed by atoms with van der Waals surface area (Å²) >= 11 is 0. The Kier molecular flexibility index (Phi) is 50.1. The highest BCUT2D eigenvalue weighted by molar-refractivity contribution is 5.76. The molecule has 2 rings (SSSR count). The van der Waals surface area contributed by atoms with Gasteiger partial charge in [-0.15, -0.1) is 0 Å². The van der Waals surface area contributed by atoms with Crippen LogP contribution in [-0.2, 0) is 23.7 Å². The molecule has 0 aliphatic carbocycles. The Bertz CT molecular complexity index is 1470. The minimum atomic E-state index is -1.79. The fraction of sp³-hybridized carbons (Fsp3) is 0.926. The second kappa shape index (κ2) is 53.7. The first-order valence-corrected chi connectivity index (χ1v) is 34.6. The zero-order chi connectivity index (χ0) is 59.5. The van der Waals surface area contributed by atoms with Crippen molar-refractivity contribution in [1.29, 1.82) is 0 Å². The topological polar surface area (TPSA) is 228 Å². The van der Waals surface area contributed by atoms with Crippen LogP contribution < -0.4 is 5.32 Å². The number of nitrogens with one attached hydrogen (secondary N) is 1. The summed E-state index contributed by atoms with van der Waals surface area (Å²) < 4.78 is 22.8. The predicted octanol–water partition coefficient (Wildman–Crippen LogP) is 13.6. The van der Waals surface area contributed by atoms with Gasteiger partial charge in [0.2, 0.25) is 5.91 Å². The molecule has 14 heteroatoms. The number of rotatable bonds is 57. The van der Waals surface area contributed by atoms with Crippen molar-refractivity contribution in [3.8, 4) is 0 Å². The van der Waals surface area contributed by atoms with E-state index in [4.69, 9.17) is 18.9 Å². The largest absolute Gasteiger partial charge is 0.394 e. The van der Waals surface area contributed by atoms with Crippen molar-refractivity contribution in [2.45, 2.75) is 383 Å². The first kappa shape index (κ1) is 76.6.